The molecule has 2 nitrogen and oxygen atoms in total. The Morgan fingerprint density at radius 1 is 1.24 bits per heavy atom. The number of alkyl halides is 3. The summed E-state index contributed by atoms with van der Waals surface area (Å²) in [5.41, 5.74) is 0.711. The molecule has 21 heavy (non-hydrogen) atoms. The zero-order chi connectivity index (χ0) is 15.5. The lowest BCUT2D eigenvalue weighted by atomic mass is 9.87. The molecule has 0 fully saturated rings. The van der Waals surface area contributed by atoms with Crippen LogP contribution in [0.15, 0.2) is 42.0 Å². The summed E-state index contributed by atoms with van der Waals surface area (Å²) in [4.78, 5) is 0. The molecular formula is C16H16F3O2. The maximum atomic E-state index is 13.0. The summed E-state index contributed by atoms with van der Waals surface area (Å²) in [6, 6.07) is 6.92. The van der Waals surface area contributed by atoms with E-state index in [9.17, 15) is 13.2 Å². The van der Waals surface area contributed by atoms with E-state index in [2.05, 4.69) is 7.11 Å². The fourth-order valence-electron chi connectivity index (χ4n) is 2.31. The lowest BCUT2D eigenvalue weighted by Crippen LogP contribution is -2.19. The summed E-state index contributed by atoms with van der Waals surface area (Å²) in [6.45, 7) is 0.160. The highest BCUT2D eigenvalue weighted by Gasteiger charge is 2.36. The van der Waals surface area contributed by atoms with E-state index in [4.69, 9.17) is 9.47 Å². The van der Waals surface area contributed by atoms with Crippen LogP contribution in [0, 0.1) is 13.0 Å². The van der Waals surface area contributed by atoms with Gasteiger partial charge in [-0.3, -0.25) is 0 Å². The first-order valence-electron chi connectivity index (χ1n) is 6.45. The third kappa shape index (κ3) is 3.88. The standard InChI is InChI=1S/C16H16F3O2/c1-20-10-11-7-13(9-14(8-11)16(17,18)19)12-3-5-15(21-2)6-4-12/h3-7,9,11H,1,8,10H2,2H3/t11-/m0/s1. The first kappa shape index (κ1) is 15.6. The summed E-state index contributed by atoms with van der Waals surface area (Å²) in [5, 5.41) is 0. The average Bonchev–Trinajstić information content (AvgIpc) is 2.46. The lowest BCUT2D eigenvalue weighted by Gasteiger charge is -2.23. The number of hydrogen-bond acceptors (Lipinski definition) is 2. The molecule has 1 atom stereocenters. The normalized spacial score (nSPS) is 19.0. The van der Waals surface area contributed by atoms with Crippen molar-refractivity contribution in [2.24, 2.45) is 5.92 Å². The quantitative estimate of drug-likeness (QED) is 0.820. The predicted molar refractivity (Wildman–Crippen MR) is 74.5 cm³/mol. The molecule has 1 aromatic carbocycles. The number of ether oxygens (including phenoxy) is 2. The minimum atomic E-state index is -4.33. The van der Waals surface area contributed by atoms with Crippen molar-refractivity contribution >= 4 is 5.57 Å². The largest absolute Gasteiger partial charge is 0.497 e. The van der Waals surface area contributed by atoms with Gasteiger partial charge in [-0.1, -0.05) is 18.2 Å². The fraction of sp³-hybridized carbons (Fsp3) is 0.312. The minimum Gasteiger partial charge on any atom is -0.497 e. The molecule has 0 heterocycles. The Bertz CT molecular complexity index is 542. The number of allylic oxidation sites excluding steroid dienone is 3. The molecule has 0 saturated heterocycles. The van der Waals surface area contributed by atoms with Crippen LogP contribution in [0.3, 0.4) is 0 Å². The van der Waals surface area contributed by atoms with Crippen molar-refractivity contribution in [3.05, 3.63) is 54.7 Å². The van der Waals surface area contributed by atoms with Gasteiger partial charge in [0.05, 0.1) is 20.8 Å². The monoisotopic (exact) mass is 297 g/mol. The smallest absolute Gasteiger partial charge is 0.412 e. The van der Waals surface area contributed by atoms with E-state index in [1.54, 1.807) is 30.3 Å². The van der Waals surface area contributed by atoms with Crippen molar-refractivity contribution in [2.75, 3.05) is 13.7 Å². The van der Waals surface area contributed by atoms with Gasteiger partial charge in [-0.15, -0.1) is 0 Å². The van der Waals surface area contributed by atoms with E-state index >= 15 is 0 Å². The zero-order valence-electron chi connectivity index (χ0n) is 11.6. The maximum Gasteiger partial charge on any atom is 0.412 e. The van der Waals surface area contributed by atoms with Gasteiger partial charge in [0.15, 0.2) is 0 Å². The van der Waals surface area contributed by atoms with Gasteiger partial charge in [0.2, 0.25) is 0 Å². The van der Waals surface area contributed by atoms with Crippen LogP contribution in [0.1, 0.15) is 12.0 Å². The van der Waals surface area contributed by atoms with Gasteiger partial charge in [-0.05, 0) is 35.8 Å². The van der Waals surface area contributed by atoms with E-state index in [1.165, 1.54) is 13.2 Å². The molecule has 113 valence electrons. The molecule has 0 saturated carbocycles. The van der Waals surface area contributed by atoms with Gasteiger partial charge in [0, 0.05) is 11.5 Å². The summed E-state index contributed by atoms with van der Waals surface area (Å²) >= 11 is 0. The van der Waals surface area contributed by atoms with Gasteiger partial charge < -0.3 is 9.47 Å². The van der Waals surface area contributed by atoms with Crippen molar-refractivity contribution in [1.82, 2.24) is 0 Å². The predicted octanol–water partition coefficient (Wildman–Crippen LogP) is 4.40. The molecule has 0 amide bonds. The van der Waals surface area contributed by atoms with Crippen LogP contribution in [-0.2, 0) is 4.74 Å². The Morgan fingerprint density at radius 3 is 2.43 bits per heavy atom. The first-order chi connectivity index (χ1) is 9.94. The van der Waals surface area contributed by atoms with Gasteiger partial charge in [-0.2, -0.15) is 13.2 Å². The van der Waals surface area contributed by atoms with Gasteiger partial charge in [-0.25, -0.2) is 0 Å². The van der Waals surface area contributed by atoms with Crippen LogP contribution >= 0.6 is 0 Å². The second-order valence-corrected chi connectivity index (χ2v) is 4.85. The Balaban J connectivity index is 2.34. The molecule has 0 N–H and O–H groups in total. The van der Waals surface area contributed by atoms with Gasteiger partial charge in [0.1, 0.15) is 5.75 Å². The molecule has 1 radical (unpaired) electrons. The van der Waals surface area contributed by atoms with Gasteiger partial charge >= 0.3 is 6.18 Å². The number of rotatable bonds is 4. The summed E-state index contributed by atoms with van der Waals surface area (Å²) in [6.07, 6.45) is -1.42. The first-order valence-corrected chi connectivity index (χ1v) is 6.45. The summed E-state index contributed by atoms with van der Waals surface area (Å²) in [5.74, 6) is 0.328. The average molecular weight is 297 g/mol. The van der Waals surface area contributed by atoms with Crippen molar-refractivity contribution in [3.63, 3.8) is 0 Å². The maximum absolute atomic E-state index is 13.0. The SMILES string of the molecule is [CH2]OC[C@H]1C=C(c2ccc(OC)cc2)C=C(C(F)(F)F)C1. The Morgan fingerprint density at radius 2 is 1.90 bits per heavy atom. The van der Waals surface area contributed by atoms with Crippen molar-refractivity contribution < 1.29 is 22.6 Å². The molecule has 1 aliphatic carbocycles. The van der Waals surface area contributed by atoms with Crippen LogP contribution < -0.4 is 4.74 Å². The van der Waals surface area contributed by atoms with Crippen molar-refractivity contribution in [1.29, 1.82) is 0 Å². The molecule has 0 aromatic heterocycles. The Labute approximate surface area is 121 Å². The van der Waals surface area contributed by atoms with Gasteiger partial charge in [0.25, 0.3) is 0 Å². The molecular weight excluding hydrogens is 281 g/mol. The van der Waals surface area contributed by atoms with Crippen LogP contribution in [0.2, 0.25) is 0 Å². The number of hydrogen-bond donors (Lipinski definition) is 0. The second kappa shape index (κ2) is 6.35. The Hall–Kier alpha value is -1.75. The molecule has 5 heteroatoms. The third-order valence-corrected chi connectivity index (χ3v) is 3.35. The van der Waals surface area contributed by atoms with E-state index in [1.807, 2.05) is 0 Å². The van der Waals surface area contributed by atoms with Crippen LogP contribution in [0.4, 0.5) is 13.2 Å². The molecule has 0 bridgehead atoms. The molecule has 0 unspecified atom stereocenters. The minimum absolute atomic E-state index is 0.0846. The summed E-state index contributed by atoms with van der Waals surface area (Å²) in [7, 11) is 4.78. The van der Waals surface area contributed by atoms with E-state index in [0.29, 0.717) is 16.9 Å². The number of methoxy groups -OCH3 is 1. The topological polar surface area (TPSA) is 18.5 Å². The fourth-order valence-corrected chi connectivity index (χ4v) is 2.31. The van der Waals surface area contributed by atoms with Crippen molar-refractivity contribution in [3.8, 4) is 5.75 Å². The van der Waals surface area contributed by atoms with Crippen LogP contribution in [-0.4, -0.2) is 19.9 Å². The highest BCUT2D eigenvalue weighted by molar-refractivity contribution is 5.76. The third-order valence-electron chi connectivity index (χ3n) is 3.35. The number of benzene rings is 1. The second-order valence-electron chi connectivity index (χ2n) is 4.85. The molecule has 1 aliphatic rings. The highest BCUT2D eigenvalue weighted by atomic mass is 19.4. The van der Waals surface area contributed by atoms with E-state index in [0.717, 1.165) is 0 Å². The van der Waals surface area contributed by atoms with Crippen molar-refractivity contribution in [2.45, 2.75) is 12.6 Å². The number of halogens is 3. The summed E-state index contributed by atoms with van der Waals surface area (Å²) < 4.78 is 48.8. The van der Waals surface area contributed by atoms with E-state index < -0.39 is 11.7 Å². The molecule has 0 aliphatic heterocycles. The Kier molecular flexibility index (Phi) is 4.73. The lowest BCUT2D eigenvalue weighted by molar-refractivity contribution is -0.0954. The zero-order valence-corrected chi connectivity index (χ0v) is 11.6. The van der Waals surface area contributed by atoms with E-state index in [-0.39, 0.29) is 18.9 Å². The molecule has 1 aromatic rings. The highest BCUT2D eigenvalue weighted by Crippen LogP contribution is 2.38. The van der Waals surface area contributed by atoms with Crippen LogP contribution in [0.5, 0.6) is 5.75 Å². The van der Waals surface area contributed by atoms with Crippen LogP contribution in [0.25, 0.3) is 5.57 Å². The molecule has 0 spiro atoms. The molecule has 2 rings (SSSR count).